The van der Waals surface area contributed by atoms with Gasteiger partial charge in [-0.15, -0.1) is 0 Å². The van der Waals surface area contributed by atoms with Crippen LogP contribution in [0, 0.1) is 5.92 Å². The topological polar surface area (TPSA) is 80.7 Å². The van der Waals surface area contributed by atoms with Gasteiger partial charge < -0.3 is 4.74 Å². The molecule has 0 saturated carbocycles. The Morgan fingerprint density at radius 2 is 1.20 bits per heavy atom. The second-order valence-corrected chi connectivity index (χ2v) is 10.3. The minimum Gasteiger partial charge on any atom is -0.464 e. The Morgan fingerprint density at radius 3 is 1.63 bits per heavy atom. The molecule has 1 N–H and O–H groups in total. The van der Waals surface area contributed by atoms with Crippen molar-refractivity contribution in [1.29, 1.82) is 0 Å². The third-order valence-corrected chi connectivity index (χ3v) is 7.09. The van der Waals surface area contributed by atoms with Gasteiger partial charge in [0.15, 0.2) is 5.25 Å². The van der Waals surface area contributed by atoms with Crippen LogP contribution in [-0.4, -0.2) is 30.8 Å². The molecule has 30 heavy (non-hydrogen) atoms. The fraction of sp³-hybridized carbons (Fsp3) is 0.958. The van der Waals surface area contributed by atoms with E-state index in [1.807, 2.05) is 6.92 Å². The number of hydrogen-bond acceptors (Lipinski definition) is 4. The monoisotopic (exact) mass is 448 g/mol. The summed E-state index contributed by atoms with van der Waals surface area (Å²) in [5.41, 5.74) is 0. The van der Waals surface area contributed by atoms with Crippen LogP contribution in [0.25, 0.3) is 0 Å². The largest absolute Gasteiger partial charge is 0.464 e. The van der Waals surface area contributed by atoms with Gasteiger partial charge in [0.25, 0.3) is 10.1 Å². The van der Waals surface area contributed by atoms with Crippen molar-refractivity contribution in [2.24, 2.45) is 5.92 Å². The van der Waals surface area contributed by atoms with Crippen molar-refractivity contribution in [3.8, 4) is 0 Å². The van der Waals surface area contributed by atoms with Crippen LogP contribution in [0.1, 0.15) is 130 Å². The van der Waals surface area contributed by atoms with E-state index < -0.39 is 21.3 Å². The number of hydrogen-bond donors (Lipinski definition) is 1. The summed E-state index contributed by atoms with van der Waals surface area (Å²) >= 11 is 0. The van der Waals surface area contributed by atoms with Crippen molar-refractivity contribution in [1.82, 2.24) is 0 Å². The molecule has 0 aromatic carbocycles. The maximum Gasteiger partial charge on any atom is 0.326 e. The molecule has 6 heteroatoms. The Balaban J connectivity index is 4.01. The molecule has 0 amide bonds. The highest BCUT2D eigenvalue weighted by molar-refractivity contribution is 7.87. The molecule has 0 fully saturated rings. The van der Waals surface area contributed by atoms with E-state index in [4.69, 9.17) is 4.74 Å². The first-order chi connectivity index (χ1) is 14.4. The van der Waals surface area contributed by atoms with E-state index in [9.17, 15) is 17.8 Å². The van der Waals surface area contributed by atoms with Gasteiger partial charge in [0.2, 0.25) is 0 Å². The van der Waals surface area contributed by atoms with Crippen molar-refractivity contribution in [2.75, 3.05) is 6.61 Å². The first kappa shape index (κ1) is 29.4. The predicted octanol–water partition coefficient (Wildman–Crippen LogP) is 7.09. The van der Waals surface area contributed by atoms with E-state index in [1.165, 1.54) is 51.4 Å². The highest BCUT2D eigenvalue weighted by atomic mass is 32.2. The summed E-state index contributed by atoms with van der Waals surface area (Å²) < 4.78 is 38.0. The van der Waals surface area contributed by atoms with Gasteiger partial charge in [0.05, 0.1) is 6.61 Å². The molecule has 0 aromatic rings. The van der Waals surface area contributed by atoms with Crippen molar-refractivity contribution in [3.63, 3.8) is 0 Å². The van der Waals surface area contributed by atoms with Crippen LogP contribution >= 0.6 is 0 Å². The zero-order valence-electron chi connectivity index (χ0n) is 19.9. The Labute approximate surface area is 186 Å². The van der Waals surface area contributed by atoms with Gasteiger partial charge >= 0.3 is 5.97 Å². The van der Waals surface area contributed by atoms with E-state index in [0.717, 1.165) is 44.9 Å². The Morgan fingerprint density at radius 1 is 0.733 bits per heavy atom. The van der Waals surface area contributed by atoms with Crippen LogP contribution in [-0.2, 0) is 19.6 Å². The van der Waals surface area contributed by atoms with Crippen LogP contribution in [0.5, 0.6) is 0 Å². The number of ether oxygens (including phenoxy) is 1. The molecule has 0 aliphatic rings. The van der Waals surface area contributed by atoms with Crippen LogP contribution in [0.15, 0.2) is 0 Å². The molecular weight excluding hydrogens is 400 g/mol. The van der Waals surface area contributed by atoms with E-state index in [2.05, 4.69) is 13.8 Å². The third-order valence-electron chi connectivity index (χ3n) is 5.95. The highest BCUT2D eigenvalue weighted by Gasteiger charge is 2.32. The van der Waals surface area contributed by atoms with Crippen LogP contribution in [0.4, 0.5) is 0 Å². The van der Waals surface area contributed by atoms with Gasteiger partial charge in [0.1, 0.15) is 0 Å². The van der Waals surface area contributed by atoms with Crippen LogP contribution in [0.3, 0.4) is 0 Å². The molecule has 0 heterocycles. The van der Waals surface area contributed by atoms with Crippen LogP contribution < -0.4 is 0 Å². The molecule has 5 nitrogen and oxygen atoms in total. The van der Waals surface area contributed by atoms with Crippen LogP contribution in [0.2, 0.25) is 0 Å². The number of esters is 1. The van der Waals surface area contributed by atoms with Gasteiger partial charge in [0, 0.05) is 0 Å². The van der Waals surface area contributed by atoms with E-state index in [-0.39, 0.29) is 18.9 Å². The van der Waals surface area contributed by atoms with E-state index in [1.54, 1.807) is 0 Å². The lowest BCUT2D eigenvalue weighted by molar-refractivity contribution is -0.144. The van der Waals surface area contributed by atoms with E-state index in [0.29, 0.717) is 6.42 Å². The lowest BCUT2D eigenvalue weighted by Gasteiger charge is -2.17. The van der Waals surface area contributed by atoms with E-state index >= 15 is 0 Å². The molecule has 0 saturated heterocycles. The summed E-state index contributed by atoms with van der Waals surface area (Å²) in [6.07, 6.45) is 18.3. The number of rotatable bonds is 21. The normalized spacial score (nSPS) is 13.9. The SMILES string of the molecule is CCCCCCCCCCCCCCC(C(=O)OCC(CC)CCCC)S(=O)(=O)O. The van der Waals surface area contributed by atoms with Gasteiger partial charge in [-0.05, 0) is 18.8 Å². The summed E-state index contributed by atoms with van der Waals surface area (Å²) in [4.78, 5) is 12.3. The molecule has 0 aliphatic heterocycles. The number of unbranched alkanes of at least 4 members (excludes halogenated alkanes) is 12. The molecule has 0 bridgehead atoms. The summed E-state index contributed by atoms with van der Waals surface area (Å²) in [6.45, 7) is 6.62. The Kier molecular flexibility index (Phi) is 18.7. The Bertz CT molecular complexity index is 504. The zero-order valence-corrected chi connectivity index (χ0v) is 20.7. The summed E-state index contributed by atoms with van der Waals surface area (Å²) in [5.74, 6) is -0.543. The molecule has 2 atom stereocenters. The Hall–Kier alpha value is -0.620. The second-order valence-electron chi connectivity index (χ2n) is 8.73. The fourth-order valence-corrected chi connectivity index (χ4v) is 4.53. The van der Waals surface area contributed by atoms with Crippen molar-refractivity contribution >= 4 is 16.1 Å². The van der Waals surface area contributed by atoms with Crippen molar-refractivity contribution in [3.05, 3.63) is 0 Å². The third kappa shape index (κ3) is 16.1. The average molecular weight is 449 g/mol. The molecule has 180 valence electrons. The van der Waals surface area contributed by atoms with Gasteiger partial charge in [-0.25, -0.2) is 0 Å². The molecular formula is C24H48O5S. The summed E-state index contributed by atoms with van der Waals surface area (Å²) in [5, 5.41) is -1.44. The zero-order chi connectivity index (χ0) is 22.7. The molecule has 0 rings (SSSR count). The molecule has 0 aromatic heterocycles. The summed E-state index contributed by atoms with van der Waals surface area (Å²) in [6, 6.07) is 0. The van der Waals surface area contributed by atoms with Crippen molar-refractivity contribution in [2.45, 2.75) is 135 Å². The minimum absolute atomic E-state index is 0.140. The number of carbonyl (C=O) groups is 1. The smallest absolute Gasteiger partial charge is 0.326 e. The second kappa shape index (κ2) is 19.1. The summed E-state index contributed by atoms with van der Waals surface area (Å²) in [7, 11) is -4.42. The number of carbonyl (C=O) groups excluding carboxylic acids is 1. The minimum atomic E-state index is -4.42. The maximum absolute atomic E-state index is 12.3. The quantitative estimate of drug-likeness (QED) is 0.115. The maximum atomic E-state index is 12.3. The fourth-order valence-electron chi connectivity index (χ4n) is 3.75. The first-order valence-corrected chi connectivity index (χ1v) is 14.0. The molecule has 2 unspecified atom stereocenters. The predicted molar refractivity (Wildman–Crippen MR) is 125 cm³/mol. The lowest BCUT2D eigenvalue weighted by atomic mass is 10.0. The van der Waals surface area contributed by atoms with Gasteiger partial charge in [-0.3, -0.25) is 9.35 Å². The molecule has 0 radical (unpaired) electrons. The lowest BCUT2D eigenvalue weighted by Crippen LogP contribution is -2.32. The van der Waals surface area contributed by atoms with Gasteiger partial charge in [-0.1, -0.05) is 117 Å². The average Bonchev–Trinajstić information content (AvgIpc) is 2.70. The molecule has 0 aliphatic carbocycles. The van der Waals surface area contributed by atoms with Gasteiger partial charge in [-0.2, -0.15) is 8.42 Å². The highest BCUT2D eigenvalue weighted by Crippen LogP contribution is 2.18. The van der Waals surface area contributed by atoms with Crippen molar-refractivity contribution < 1.29 is 22.5 Å². The molecule has 0 spiro atoms. The first-order valence-electron chi connectivity index (χ1n) is 12.5. The standard InChI is InChI=1S/C24H48O5S/c1-4-7-9-10-11-12-13-14-15-16-17-18-20-23(30(26,27)28)24(25)29-21-22(6-3)19-8-5-2/h22-23H,4-21H2,1-3H3,(H,26,27,28).